The maximum Gasteiger partial charge on any atom is 0.261 e. The number of rotatable bonds is 6. The smallest absolute Gasteiger partial charge is 0.261 e. The molecule has 0 saturated carbocycles. The molecule has 5 nitrogen and oxygen atoms in total. The van der Waals surface area contributed by atoms with Gasteiger partial charge in [0.2, 0.25) is 0 Å². The highest BCUT2D eigenvalue weighted by molar-refractivity contribution is 6.22. The van der Waals surface area contributed by atoms with Crippen LogP contribution in [-0.2, 0) is 13.0 Å². The predicted octanol–water partition coefficient (Wildman–Crippen LogP) is 3.94. The van der Waals surface area contributed by atoms with E-state index in [1.165, 1.54) is 34.1 Å². The second-order valence-corrected chi connectivity index (χ2v) is 7.55. The molecular weight excluding hydrogens is 395 g/mol. The van der Waals surface area contributed by atoms with Gasteiger partial charge in [-0.1, -0.05) is 42.5 Å². The molecule has 156 valence electrons. The van der Waals surface area contributed by atoms with E-state index in [-0.39, 0.29) is 35.6 Å². The van der Waals surface area contributed by atoms with E-state index in [2.05, 4.69) is 0 Å². The zero-order valence-corrected chi connectivity index (χ0v) is 17.0. The van der Waals surface area contributed by atoms with Gasteiger partial charge in [-0.05, 0) is 47.9 Å². The van der Waals surface area contributed by atoms with Crippen molar-refractivity contribution < 1.29 is 18.8 Å². The van der Waals surface area contributed by atoms with E-state index in [4.69, 9.17) is 0 Å². The van der Waals surface area contributed by atoms with Crippen molar-refractivity contribution in [1.82, 2.24) is 9.80 Å². The van der Waals surface area contributed by atoms with E-state index in [1.54, 1.807) is 25.2 Å². The molecule has 3 aromatic carbocycles. The lowest BCUT2D eigenvalue weighted by Gasteiger charge is -2.17. The number of halogens is 1. The minimum atomic E-state index is -0.383. The van der Waals surface area contributed by atoms with Crippen LogP contribution >= 0.6 is 0 Å². The van der Waals surface area contributed by atoms with Crippen molar-refractivity contribution in [2.24, 2.45) is 0 Å². The number of carbonyl (C=O) groups is 3. The molecule has 0 bridgehead atoms. The number of nitrogens with zero attached hydrogens (tertiary/aromatic N) is 2. The quantitative estimate of drug-likeness (QED) is 0.572. The molecular formula is C25H21FN2O3. The average molecular weight is 416 g/mol. The summed E-state index contributed by atoms with van der Waals surface area (Å²) in [4.78, 5) is 41.1. The Morgan fingerprint density at radius 3 is 2.26 bits per heavy atom. The van der Waals surface area contributed by atoms with Gasteiger partial charge in [-0.15, -0.1) is 0 Å². The Balaban J connectivity index is 1.48. The number of hydrogen-bond acceptors (Lipinski definition) is 3. The number of amides is 3. The first-order chi connectivity index (χ1) is 14.9. The number of carbonyl (C=O) groups excluding carboxylic acids is 3. The Hall–Kier alpha value is -3.80. The summed E-state index contributed by atoms with van der Waals surface area (Å²) in [7, 11) is 1.64. The second-order valence-electron chi connectivity index (χ2n) is 7.55. The van der Waals surface area contributed by atoms with Crippen molar-refractivity contribution in [3.8, 4) is 0 Å². The Morgan fingerprint density at radius 2 is 1.55 bits per heavy atom. The lowest BCUT2D eigenvalue weighted by Crippen LogP contribution is -2.31. The van der Waals surface area contributed by atoms with Crippen LogP contribution in [0.1, 0.15) is 42.2 Å². The monoisotopic (exact) mass is 416 g/mol. The summed E-state index contributed by atoms with van der Waals surface area (Å²) >= 11 is 0. The minimum absolute atomic E-state index is 0.249. The normalized spacial score (nSPS) is 12.8. The molecule has 1 aliphatic rings. The van der Waals surface area contributed by atoms with Crippen LogP contribution < -0.4 is 0 Å². The predicted molar refractivity (Wildman–Crippen MR) is 114 cm³/mol. The largest absolute Gasteiger partial charge is 0.337 e. The van der Waals surface area contributed by atoms with Crippen LogP contribution in [0.5, 0.6) is 0 Å². The van der Waals surface area contributed by atoms with Gasteiger partial charge >= 0.3 is 0 Å². The molecule has 4 rings (SSSR count). The summed E-state index contributed by atoms with van der Waals surface area (Å²) in [6, 6.07) is 20.2. The van der Waals surface area contributed by atoms with Crippen molar-refractivity contribution in [3.63, 3.8) is 0 Å². The van der Waals surface area contributed by atoms with Crippen LogP contribution in [0.2, 0.25) is 0 Å². The molecule has 0 aromatic heterocycles. The number of hydrogen-bond donors (Lipinski definition) is 0. The van der Waals surface area contributed by atoms with E-state index in [0.29, 0.717) is 24.1 Å². The molecule has 1 aliphatic heterocycles. The topological polar surface area (TPSA) is 57.7 Å². The fourth-order valence-corrected chi connectivity index (χ4v) is 3.67. The molecule has 1 heterocycles. The van der Waals surface area contributed by atoms with Gasteiger partial charge in [0.05, 0.1) is 11.1 Å². The fraction of sp³-hybridized carbons (Fsp3) is 0.160. The summed E-state index contributed by atoms with van der Waals surface area (Å²) in [6.07, 6.45) is 0.568. The van der Waals surface area contributed by atoms with Crippen molar-refractivity contribution in [2.45, 2.75) is 13.0 Å². The van der Waals surface area contributed by atoms with Gasteiger partial charge in [0.1, 0.15) is 5.82 Å². The summed E-state index contributed by atoms with van der Waals surface area (Å²) in [5.74, 6) is -1.34. The highest BCUT2D eigenvalue weighted by atomic mass is 19.1. The zero-order chi connectivity index (χ0) is 22.0. The fourth-order valence-electron chi connectivity index (χ4n) is 3.67. The Labute approximate surface area is 179 Å². The van der Waals surface area contributed by atoms with Crippen LogP contribution in [0, 0.1) is 5.82 Å². The van der Waals surface area contributed by atoms with Gasteiger partial charge in [-0.3, -0.25) is 19.3 Å². The molecule has 0 N–H and O–H groups in total. The van der Waals surface area contributed by atoms with Crippen molar-refractivity contribution in [1.29, 1.82) is 0 Å². The van der Waals surface area contributed by atoms with Gasteiger partial charge in [0.15, 0.2) is 0 Å². The van der Waals surface area contributed by atoms with Crippen LogP contribution in [0.15, 0.2) is 72.8 Å². The third-order valence-corrected chi connectivity index (χ3v) is 5.36. The summed E-state index contributed by atoms with van der Waals surface area (Å²) in [5.41, 5.74) is 2.72. The van der Waals surface area contributed by atoms with E-state index in [9.17, 15) is 18.8 Å². The van der Waals surface area contributed by atoms with Crippen LogP contribution in [0.3, 0.4) is 0 Å². The van der Waals surface area contributed by atoms with Gasteiger partial charge in [0.25, 0.3) is 17.7 Å². The molecule has 0 radical (unpaired) electrons. The van der Waals surface area contributed by atoms with E-state index < -0.39 is 0 Å². The van der Waals surface area contributed by atoms with Gasteiger partial charge in [-0.25, -0.2) is 4.39 Å². The molecule has 0 fully saturated rings. The first kappa shape index (κ1) is 20.5. The maximum atomic E-state index is 13.1. The highest BCUT2D eigenvalue weighted by Crippen LogP contribution is 2.25. The standard InChI is InChI=1S/C25H21FN2O3/c1-27(16-18-7-10-20(26)11-8-18)23(29)19-9-12-21-22(15-19)25(31)28(24(21)30)14-13-17-5-3-2-4-6-17/h2-12,15H,13-14,16H2,1H3. The Bertz CT molecular complexity index is 1140. The highest BCUT2D eigenvalue weighted by Gasteiger charge is 2.35. The van der Waals surface area contributed by atoms with E-state index in [0.717, 1.165) is 11.1 Å². The zero-order valence-electron chi connectivity index (χ0n) is 17.0. The molecule has 0 aliphatic carbocycles. The number of benzene rings is 3. The number of fused-ring (bicyclic) bond motifs is 1. The summed E-state index contributed by atoms with van der Waals surface area (Å²) < 4.78 is 13.1. The van der Waals surface area contributed by atoms with E-state index in [1.807, 2.05) is 30.3 Å². The van der Waals surface area contributed by atoms with Crippen molar-refractivity contribution in [3.05, 3.63) is 106 Å². The first-order valence-electron chi connectivity index (χ1n) is 9.98. The van der Waals surface area contributed by atoms with Gasteiger partial charge in [-0.2, -0.15) is 0 Å². The molecule has 0 atom stereocenters. The molecule has 0 unspecified atom stereocenters. The maximum absolute atomic E-state index is 13.1. The molecule has 31 heavy (non-hydrogen) atoms. The lowest BCUT2D eigenvalue weighted by atomic mass is 10.0. The number of imide groups is 1. The third kappa shape index (κ3) is 4.23. The van der Waals surface area contributed by atoms with Crippen LogP contribution in [0.25, 0.3) is 0 Å². The molecule has 0 saturated heterocycles. The Morgan fingerprint density at radius 1 is 0.871 bits per heavy atom. The van der Waals surface area contributed by atoms with Gasteiger partial charge < -0.3 is 4.90 Å². The van der Waals surface area contributed by atoms with Gasteiger partial charge in [0, 0.05) is 25.7 Å². The molecule has 6 heteroatoms. The summed E-state index contributed by atoms with van der Waals surface area (Å²) in [6.45, 7) is 0.580. The molecule has 3 aromatic rings. The van der Waals surface area contributed by atoms with Crippen LogP contribution in [-0.4, -0.2) is 41.1 Å². The summed E-state index contributed by atoms with van der Waals surface area (Å²) in [5, 5.41) is 0. The average Bonchev–Trinajstić information content (AvgIpc) is 3.03. The second kappa shape index (κ2) is 8.52. The molecule has 0 spiro atoms. The first-order valence-corrected chi connectivity index (χ1v) is 9.98. The van der Waals surface area contributed by atoms with Crippen molar-refractivity contribution >= 4 is 17.7 Å². The van der Waals surface area contributed by atoms with E-state index >= 15 is 0 Å². The Kier molecular flexibility index (Phi) is 5.62. The van der Waals surface area contributed by atoms with Crippen molar-refractivity contribution in [2.75, 3.05) is 13.6 Å². The lowest BCUT2D eigenvalue weighted by molar-refractivity contribution is 0.0655. The SMILES string of the molecule is CN(Cc1ccc(F)cc1)C(=O)c1ccc2c(c1)C(=O)N(CCc1ccccc1)C2=O. The van der Waals surface area contributed by atoms with Crippen LogP contribution in [0.4, 0.5) is 4.39 Å². The molecule has 3 amide bonds. The third-order valence-electron chi connectivity index (χ3n) is 5.36. The minimum Gasteiger partial charge on any atom is -0.337 e.